The van der Waals surface area contributed by atoms with Crippen molar-refractivity contribution in [2.24, 2.45) is 0 Å². The quantitative estimate of drug-likeness (QED) is 0.673. The summed E-state index contributed by atoms with van der Waals surface area (Å²) in [6, 6.07) is 2.12. The van der Waals surface area contributed by atoms with Crippen molar-refractivity contribution >= 4 is 6.09 Å². The first-order valence-electron chi connectivity index (χ1n) is 5.24. The van der Waals surface area contributed by atoms with E-state index in [0.717, 1.165) is 13.1 Å². The van der Waals surface area contributed by atoms with Crippen LogP contribution in [0.25, 0.3) is 0 Å². The third-order valence-electron chi connectivity index (χ3n) is 2.57. The molecule has 84 valence electrons. The van der Waals surface area contributed by atoms with Crippen LogP contribution in [0.1, 0.15) is 13.8 Å². The van der Waals surface area contributed by atoms with Crippen molar-refractivity contribution in [1.82, 2.24) is 9.80 Å². The van der Waals surface area contributed by atoms with Crippen LogP contribution in [-0.4, -0.2) is 54.7 Å². The number of rotatable bonds is 2. The highest BCUT2D eigenvalue weighted by molar-refractivity contribution is 5.67. The molecule has 0 saturated carbocycles. The highest BCUT2D eigenvalue weighted by Crippen LogP contribution is 2.06. The summed E-state index contributed by atoms with van der Waals surface area (Å²) in [4.78, 5) is 15.1. The third kappa shape index (κ3) is 3.10. The zero-order valence-electron chi connectivity index (χ0n) is 9.27. The van der Waals surface area contributed by atoms with Crippen LogP contribution in [0.5, 0.6) is 0 Å². The van der Waals surface area contributed by atoms with Crippen LogP contribution < -0.4 is 0 Å². The second-order valence-electron chi connectivity index (χ2n) is 3.53. The molecule has 1 unspecified atom stereocenters. The van der Waals surface area contributed by atoms with Gasteiger partial charge in [-0.3, -0.25) is 4.90 Å². The molecule has 1 amide bonds. The number of nitrogens with zero attached hydrogens (tertiary/aromatic N) is 3. The number of hydrogen-bond acceptors (Lipinski definition) is 4. The van der Waals surface area contributed by atoms with Gasteiger partial charge in [0.2, 0.25) is 0 Å². The average molecular weight is 211 g/mol. The number of hydrogen-bond donors (Lipinski definition) is 0. The van der Waals surface area contributed by atoms with E-state index >= 15 is 0 Å². The maximum atomic E-state index is 11.4. The largest absolute Gasteiger partial charge is 0.450 e. The lowest BCUT2D eigenvalue weighted by molar-refractivity contribution is 0.0752. The SMILES string of the molecule is CCOC(=O)N1CCN(C(C)C#N)CC1. The Morgan fingerprint density at radius 2 is 2.07 bits per heavy atom. The fraction of sp³-hybridized carbons (Fsp3) is 0.800. The molecular formula is C10H17N3O2. The van der Waals surface area contributed by atoms with E-state index in [1.807, 2.05) is 6.92 Å². The predicted molar refractivity (Wildman–Crippen MR) is 55.2 cm³/mol. The molecule has 0 spiro atoms. The van der Waals surface area contributed by atoms with Crippen LogP contribution in [0.3, 0.4) is 0 Å². The van der Waals surface area contributed by atoms with Gasteiger partial charge < -0.3 is 9.64 Å². The number of piperazine rings is 1. The Morgan fingerprint density at radius 3 is 2.53 bits per heavy atom. The Labute approximate surface area is 90.2 Å². The Balaban J connectivity index is 2.36. The minimum absolute atomic E-state index is 0.0747. The highest BCUT2D eigenvalue weighted by atomic mass is 16.6. The van der Waals surface area contributed by atoms with Crippen molar-refractivity contribution in [1.29, 1.82) is 5.26 Å². The number of carbonyl (C=O) groups excluding carboxylic acids is 1. The lowest BCUT2D eigenvalue weighted by Crippen LogP contribution is -2.51. The molecule has 0 aromatic carbocycles. The van der Waals surface area contributed by atoms with Crippen LogP contribution in [-0.2, 0) is 4.74 Å². The Kier molecular flexibility index (Phi) is 4.37. The molecule has 0 aromatic rings. The Bertz CT molecular complexity index is 254. The van der Waals surface area contributed by atoms with Gasteiger partial charge >= 0.3 is 6.09 Å². The lowest BCUT2D eigenvalue weighted by Gasteiger charge is -2.35. The van der Waals surface area contributed by atoms with E-state index in [1.54, 1.807) is 11.8 Å². The van der Waals surface area contributed by atoms with Gasteiger partial charge in [0.25, 0.3) is 0 Å². The molecule has 0 aliphatic carbocycles. The Hall–Kier alpha value is -1.28. The summed E-state index contributed by atoms with van der Waals surface area (Å²) in [6.45, 7) is 6.86. The molecule has 15 heavy (non-hydrogen) atoms. The molecule has 0 bridgehead atoms. The predicted octanol–water partition coefficient (Wildman–Crippen LogP) is 0.673. The fourth-order valence-electron chi connectivity index (χ4n) is 1.59. The van der Waals surface area contributed by atoms with Gasteiger partial charge in [-0.2, -0.15) is 5.26 Å². The van der Waals surface area contributed by atoms with Crippen LogP contribution in [0.4, 0.5) is 4.79 Å². The zero-order valence-corrected chi connectivity index (χ0v) is 9.27. The molecule has 5 heteroatoms. The van der Waals surface area contributed by atoms with Crippen molar-refractivity contribution in [3.8, 4) is 6.07 Å². The molecule has 0 aromatic heterocycles. The van der Waals surface area contributed by atoms with Gasteiger partial charge in [0.05, 0.1) is 18.7 Å². The standard InChI is InChI=1S/C10H17N3O2/c1-3-15-10(14)13-6-4-12(5-7-13)9(2)8-11/h9H,3-7H2,1-2H3. The summed E-state index contributed by atoms with van der Waals surface area (Å²) in [6.07, 6.45) is -0.248. The molecule has 1 heterocycles. The highest BCUT2D eigenvalue weighted by Gasteiger charge is 2.24. The maximum Gasteiger partial charge on any atom is 0.409 e. The summed E-state index contributed by atoms with van der Waals surface area (Å²) >= 11 is 0. The molecule has 1 saturated heterocycles. The van der Waals surface area contributed by atoms with Crippen molar-refractivity contribution in [2.45, 2.75) is 19.9 Å². The topological polar surface area (TPSA) is 56.6 Å². The van der Waals surface area contributed by atoms with Gasteiger partial charge in [0.1, 0.15) is 0 Å². The number of ether oxygens (including phenoxy) is 1. The smallest absolute Gasteiger partial charge is 0.409 e. The summed E-state index contributed by atoms with van der Waals surface area (Å²) in [7, 11) is 0. The van der Waals surface area contributed by atoms with E-state index < -0.39 is 0 Å². The zero-order chi connectivity index (χ0) is 11.3. The first-order valence-corrected chi connectivity index (χ1v) is 5.24. The van der Waals surface area contributed by atoms with Crippen molar-refractivity contribution in [2.75, 3.05) is 32.8 Å². The molecule has 1 aliphatic rings. The van der Waals surface area contributed by atoms with E-state index in [2.05, 4.69) is 11.0 Å². The summed E-state index contributed by atoms with van der Waals surface area (Å²) < 4.78 is 4.91. The lowest BCUT2D eigenvalue weighted by atomic mass is 10.2. The monoisotopic (exact) mass is 211 g/mol. The number of carbonyl (C=O) groups is 1. The van der Waals surface area contributed by atoms with E-state index in [9.17, 15) is 4.79 Å². The molecule has 0 radical (unpaired) electrons. The first-order chi connectivity index (χ1) is 7.19. The van der Waals surface area contributed by atoms with Crippen LogP contribution >= 0.6 is 0 Å². The Morgan fingerprint density at radius 1 is 1.47 bits per heavy atom. The average Bonchev–Trinajstić information content (AvgIpc) is 2.28. The van der Waals surface area contributed by atoms with E-state index in [0.29, 0.717) is 19.7 Å². The van der Waals surface area contributed by atoms with E-state index in [4.69, 9.17) is 10.00 Å². The van der Waals surface area contributed by atoms with Crippen LogP contribution in [0, 0.1) is 11.3 Å². The maximum absolute atomic E-state index is 11.4. The molecular weight excluding hydrogens is 194 g/mol. The number of nitriles is 1. The van der Waals surface area contributed by atoms with E-state index in [-0.39, 0.29) is 12.1 Å². The second kappa shape index (κ2) is 5.56. The van der Waals surface area contributed by atoms with E-state index in [1.165, 1.54) is 0 Å². The van der Waals surface area contributed by atoms with Crippen LogP contribution in [0.15, 0.2) is 0 Å². The molecule has 1 atom stereocenters. The van der Waals surface area contributed by atoms with Crippen molar-refractivity contribution < 1.29 is 9.53 Å². The van der Waals surface area contributed by atoms with Gasteiger partial charge in [-0.05, 0) is 13.8 Å². The minimum atomic E-state index is -0.248. The van der Waals surface area contributed by atoms with Crippen molar-refractivity contribution in [3.63, 3.8) is 0 Å². The summed E-state index contributed by atoms with van der Waals surface area (Å²) in [5.74, 6) is 0. The van der Waals surface area contributed by atoms with Gasteiger partial charge in [-0.25, -0.2) is 4.79 Å². The summed E-state index contributed by atoms with van der Waals surface area (Å²) in [5, 5.41) is 8.75. The minimum Gasteiger partial charge on any atom is -0.450 e. The van der Waals surface area contributed by atoms with Gasteiger partial charge in [-0.1, -0.05) is 0 Å². The number of amides is 1. The van der Waals surface area contributed by atoms with Gasteiger partial charge in [0.15, 0.2) is 0 Å². The second-order valence-corrected chi connectivity index (χ2v) is 3.53. The fourth-order valence-corrected chi connectivity index (χ4v) is 1.59. The molecule has 5 nitrogen and oxygen atoms in total. The van der Waals surface area contributed by atoms with Gasteiger partial charge in [-0.15, -0.1) is 0 Å². The van der Waals surface area contributed by atoms with Crippen molar-refractivity contribution in [3.05, 3.63) is 0 Å². The molecule has 0 N–H and O–H groups in total. The molecule has 1 rings (SSSR count). The normalized spacial score (nSPS) is 19.4. The first kappa shape index (κ1) is 11.8. The van der Waals surface area contributed by atoms with Gasteiger partial charge in [0, 0.05) is 26.2 Å². The summed E-state index contributed by atoms with van der Waals surface area (Å²) in [5.41, 5.74) is 0. The molecule has 1 aliphatic heterocycles. The molecule has 1 fully saturated rings. The van der Waals surface area contributed by atoms with Crippen LogP contribution in [0.2, 0.25) is 0 Å². The third-order valence-corrected chi connectivity index (χ3v) is 2.57.